The van der Waals surface area contributed by atoms with Gasteiger partial charge in [-0.3, -0.25) is 0 Å². The molecule has 0 fully saturated rings. The molecule has 0 aliphatic rings. The van der Waals surface area contributed by atoms with E-state index in [2.05, 4.69) is 0 Å². The van der Waals surface area contributed by atoms with Crippen molar-refractivity contribution < 1.29 is 0 Å². The van der Waals surface area contributed by atoms with Crippen molar-refractivity contribution >= 4 is 17.3 Å². The van der Waals surface area contributed by atoms with Crippen molar-refractivity contribution in [2.24, 2.45) is 0 Å². The molecule has 0 aliphatic heterocycles. The molecule has 1 rings (SSSR count). The van der Waals surface area contributed by atoms with Crippen LogP contribution in [0, 0.1) is 22.7 Å². The zero-order valence-corrected chi connectivity index (χ0v) is 7.47. The average molecular weight is 192 g/mol. The molecule has 0 saturated heterocycles. The molecule has 0 amide bonds. The van der Waals surface area contributed by atoms with Crippen LogP contribution in [0.3, 0.4) is 0 Å². The Kier molecular flexibility index (Phi) is 2.74. The van der Waals surface area contributed by atoms with Gasteiger partial charge in [0, 0.05) is 16.3 Å². The SMILES string of the molecule is N#CCc1c(N)cc(Cl)cc1C#N. The second kappa shape index (κ2) is 3.80. The molecule has 3 nitrogen and oxygen atoms in total. The maximum absolute atomic E-state index is 8.72. The lowest BCUT2D eigenvalue weighted by atomic mass is 10.0. The van der Waals surface area contributed by atoms with Crippen molar-refractivity contribution in [2.75, 3.05) is 5.73 Å². The Labute approximate surface area is 81.0 Å². The first-order valence-corrected chi connectivity index (χ1v) is 3.91. The summed E-state index contributed by atoms with van der Waals surface area (Å²) in [4.78, 5) is 0. The Morgan fingerprint density at radius 2 is 2.08 bits per heavy atom. The van der Waals surface area contributed by atoms with Crippen molar-refractivity contribution in [3.05, 3.63) is 28.3 Å². The molecule has 0 spiro atoms. The fourth-order valence-corrected chi connectivity index (χ4v) is 1.26. The van der Waals surface area contributed by atoms with Gasteiger partial charge in [-0.05, 0) is 12.1 Å². The maximum atomic E-state index is 8.72. The third-order valence-electron chi connectivity index (χ3n) is 1.63. The number of halogens is 1. The number of hydrogen-bond acceptors (Lipinski definition) is 3. The zero-order valence-electron chi connectivity index (χ0n) is 6.71. The molecule has 0 atom stereocenters. The van der Waals surface area contributed by atoms with Crippen LogP contribution in [-0.4, -0.2) is 0 Å². The van der Waals surface area contributed by atoms with E-state index in [1.54, 1.807) is 0 Å². The first-order valence-electron chi connectivity index (χ1n) is 3.54. The molecule has 0 aliphatic carbocycles. The maximum Gasteiger partial charge on any atom is 0.0996 e. The number of nitriles is 2. The predicted molar refractivity (Wildman–Crippen MR) is 49.9 cm³/mol. The van der Waals surface area contributed by atoms with Crippen LogP contribution < -0.4 is 5.73 Å². The van der Waals surface area contributed by atoms with Gasteiger partial charge in [-0.25, -0.2) is 0 Å². The van der Waals surface area contributed by atoms with Gasteiger partial charge >= 0.3 is 0 Å². The monoisotopic (exact) mass is 191 g/mol. The lowest BCUT2D eigenvalue weighted by Gasteiger charge is -2.03. The number of nitrogens with zero attached hydrogens (tertiary/aromatic N) is 2. The fourth-order valence-electron chi connectivity index (χ4n) is 1.03. The van der Waals surface area contributed by atoms with Crippen molar-refractivity contribution in [3.63, 3.8) is 0 Å². The quantitative estimate of drug-likeness (QED) is 0.689. The summed E-state index contributed by atoms with van der Waals surface area (Å²) in [6, 6.07) is 6.93. The van der Waals surface area contributed by atoms with E-state index in [1.165, 1.54) is 12.1 Å². The number of hydrogen-bond donors (Lipinski definition) is 1. The van der Waals surface area contributed by atoms with Gasteiger partial charge in [0.05, 0.1) is 24.1 Å². The molecular weight excluding hydrogens is 186 g/mol. The summed E-state index contributed by atoms with van der Waals surface area (Å²) < 4.78 is 0. The van der Waals surface area contributed by atoms with Gasteiger partial charge in [0.25, 0.3) is 0 Å². The van der Waals surface area contributed by atoms with E-state index in [9.17, 15) is 0 Å². The minimum Gasteiger partial charge on any atom is -0.398 e. The Morgan fingerprint density at radius 3 is 2.62 bits per heavy atom. The molecule has 1 aromatic carbocycles. The van der Waals surface area contributed by atoms with E-state index in [0.717, 1.165) is 0 Å². The molecule has 0 unspecified atom stereocenters. The molecule has 0 radical (unpaired) electrons. The highest BCUT2D eigenvalue weighted by Gasteiger charge is 2.07. The molecule has 4 heteroatoms. The first-order chi connectivity index (χ1) is 6.19. The van der Waals surface area contributed by atoms with E-state index in [1.807, 2.05) is 12.1 Å². The Bertz CT molecular complexity index is 412. The highest BCUT2D eigenvalue weighted by atomic mass is 35.5. The topological polar surface area (TPSA) is 73.6 Å². The molecule has 0 bridgehead atoms. The minimum atomic E-state index is 0.131. The molecule has 2 N–H and O–H groups in total. The molecule has 64 valence electrons. The fraction of sp³-hybridized carbons (Fsp3) is 0.111. The van der Waals surface area contributed by atoms with Crippen LogP contribution in [0.1, 0.15) is 11.1 Å². The highest BCUT2D eigenvalue weighted by Crippen LogP contribution is 2.22. The van der Waals surface area contributed by atoms with E-state index in [4.69, 9.17) is 27.9 Å². The van der Waals surface area contributed by atoms with Gasteiger partial charge in [0.2, 0.25) is 0 Å². The summed E-state index contributed by atoms with van der Waals surface area (Å²) in [5, 5.41) is 17.6. The summed E-state index contributed by atoms with van der Waals surface area (Å²) in [7, 11) is 0. The summed E-state index contributed by atoms with van der Waals surface area (Å²) in [6.45, 7) is 0. The zero-order chi connectivity index (χ0) is 9.84. The lowest BCUT2D eigenvalue weighted by molar-refractivity contribution is 1.25. The van der Waals surface area contributed by atoms with Crippen LogP contribution in [0.15, 0.2) is 12.1 Å². The molecular formula is C9H6ClN3. The standard InChI is InChI=1S/C9H6ClN3/c10-7-3-6(5-12)8(1-2-11)9(13)4-7/h3-4H,1,13H2. The number of anilines is 1. The molecule has 0 saturated carbocycles. The van der Waals surface area contributed by atoms with Crippen LogP contribution >= 0.6 is 11.6 Å². The Morgan fingerprint density at radius 1 is 1.38 bits per heavy atom. The van der Waals surface area contributed by atoms with Crippen LogP contribution in [0.5, 0.6) is 0 Å². The van der Waals surface area contributed by atoms with Gasteiger partial charge in [0.15, 0.2) is 0 Å². The minimum absolute atomic E-state index is 0.131. The molecule has 1 aromatic rings. The summed E-state index contributed by atoms with van der Waals surface area (Å²) in [6.07, 6.45) is 0.131. The van der Waals surface area contributed by atoms with Crippen LogP contribution in [0.25, 0.3) is 0 Å². The van der Waals surface area contributed by atoms with Gasteiger partial charge in [-0.2, -0.15) is 10.5 Å². The third-order valence-corrected chi connectivity index (χ3v) is 1.84. The van der Waals surface area contributed by atoms with E-state index in [0.29, 0.717) is 21.8 Å². The summed E-state index contributed by atoms with van der Waals surface area (Å²) in [5.74, 6) is 0. The van der Waals surface area contributed by atoms with Crippen molar-refractivity contribution in [1.82, 2.24) is 0 Å². The van der Waals surface area contributed by atoms with E-state index < -0.39 is 0 Å². The number of rotatable bonds is 1. The van der Waals surface area contributed by atoms with Gasteiger partial charge in [-0.15, -0.1) is 0 Å². The summed E-state index contributed by atoms with van der Waals surface area (Å²) in [5.41, 5.74) is 6.91. The van der Waals surface area contributed by atoms with Gasteiger partial charge in [0.1, 0.15) is 0 Å². The van der Waals surface area contributed by atoms with Gasteiger partial charge < -0.3 is 5.73 Å². The van der Waals surface area contributed by atoms with Crippen LogP contribution in [0.4, 0.5) is 5.69 Å². The van der Waals surface area contributed by atoms with Crippen LogP contribution in [-0.2, 0) is 6.42 Å². The summed E-state index contributed by atoms with van der Waals surface area (Å²) >= 11 is 5.69. The number of benzene rings is 1. The van der Waals surface area contributed by atoms with Gasteiger partial charge in [-0.1, -0.05) is 11.6 Å². The first kappa shape index (κ1) is 9.38. The highest BCUT2D eigenvalue weighted by molar-refractivity contribution is 6.31. The normalized spacial score (nSPS) is 8.85. The third kappa shape index (κ3) is 1.90. The smallest absolute Gasteiger partial charge is 0.0996 e. The average Bonchev–Trinajstić information content (AvgIpc) is 2.09. The van der Waals surface area contributed by atoms with E-state index in [-0.39, 0.29) is 6.42 Å². The number of nitrogen functional groups attached to an aromatic ring is 1. The number of nitrogens with two attached hydrogens (primary N) is 1. The van der Waals surface area contributed by atoms with Crippen molar-refractivity contribution in [2.45, 2.75) is 6.42 Å². The second-order valence-corrected chi connectivity index (χ2v) is 2.90. The van der Waals surface area contributed by atoms with E-state index >= 15 is 0 Å². The Hall–Kier alpha value is -1.71. The Balaban J connectivity index is 3.34. The van der Waals surface area contributed by atoms with Crippen LogP contribution in [0.2, 0.25) is 5.02 Å². The molecule has 0 heterocycles. The predicted octanol–water partition coefficient (Wildman–Crippen LogP) is 1.86. The largest absolute Gasteiger partial charge is 0.398 e. The second-order valence-electron chi connectivity index (χ2n) is 2.47. The molecule has 13 heavy (non-hydrogen) atoms. The lowest BCUT2D eigenvalue weighted by Crippen LogP contribution is -1.97. The van der Waals surface area contributed by atoms with Crippen molar-refractivity contribution in [1.29, 1.82) is 10.5 Å². The van der Waals surface area contributed by atoms with Crippen molar-refractivity contribution in [3.8, 4) is 12.1 Å². The molecule has 0 aromatic heterocycles.